The van der Waals surface area contributed by atoms with E-state index in [9.17, 15) is 38.2 Å². The number of ketones is 1. The SMILES string of the molecule is O=C(c1cc([N+](=O)[O-])cc([N+](=O)[O-])c1)C(F)(F)F. The summed E-state index contributed by atoms with van der Waals surface area (Å²) >= 11 is 0. The Kier molecular flexibility index (Phi) is 3.30. The van der Waals surface area contributed by atoms with Gasteiger partial charge in [-0.25, -0.2) is 0 Å². The summed E-state index contributed by atoms with van der Waals surface area (Å²) in [4.78, 5) is 29.4. The van der Waals surface area contributed by atoms with E-state index >= 15 is 0 Å². The molecule has 0 radical (unpaired) electrons. The van der Waals surface area contributed by atoms with Crippen LogP contribution in [-0.2, 0) is 0 Å². The first-order valence-electron chi connectivity index (χ1n) is 4.18. The second kappa shape index (κ2) is 4.39. The van der Waals surface area contributed by atoms with Crippen LogP contribution in [0.3, 0.4) is 0 Å². The van der Waals surface area contributed by atoms with E-state index < -0.39 is 38.7 Å². The fourth-order valence-corrected chi connectivity index (χ4v) is 1.10. The number of benzene rings is 1. The molecule has 0 N–H and O–H groups in total. The van der Waals surface area contributed by atoms with Crippen molar-refractivity contribution in [1.82, 2.24) is 0 Å². The van der Waals surface area contributed by atoms with Gasteiger partial charge >= 0.3 is 6.18 Å². The molecule has 96 valence electrons. The van der Waals surface area contributed by atoms with Gasteiger partial charge in [0.15, 0.2) is 0 Å². The van der Waals surface area contributed by atoms with Gasteiger partial charge in [-0.05, 0) is 0 Å². The molecule has 0 atom stereocenters. The van der Waals surface area contributed by atoms with Gasteiger partial charge in [-0.15, -0.1) is 0 Å². The molecule has 0 fully saturated rings. The molecule has 0 spiro atoms. The summed E-state index contributed by atoms with van der Waals surface area (Å²) in [6, 6.07) is 1.14. The summed E-state index contributed by atoms with van der Waals surface area (Å²) in [6.45, 7) is 0. The molecule has 0 aliphatic heterocycles. The summed E-state index contributed by atoms with van der Waals surface area (Å²) in [5.41, 5.74) is -3.07. The molecule has 0 unspecified atom stereocenters. The van der Waals surface area contributed by atoms with Crippen LogP contribution in [0.2, 0.25) is 0 Å². The number of non-ortho nitro benzene ring substituents is 2. The van der Waals surface area contributed by atoms with E-state index in [1.807, 2.05) is 0 Å². The number of hydrogen-bond donors (Lipinski definition) is 0. The van der Waals surface area contributed by atoms with Gasteiger partial charge in [0.1, 0.15) is 0 Å². The van der Waals surface area contributed by atoms with Crippen LogP contribution >= 0.6 is 0 Å². The van der Waals surface area contributed by atoms with Crippen molar-refractivity contribution in [2.75, 3.05) is 0 Å². The van der Waals surface area contributed by atoms with E-state index in [0.717, 1.165) is 0 Å². The van der Waals surface area contributed by atoms with Gasteiger partial charge in [-0.1, -0.05) is 0 Å². The van der Waals surface area contributed by atoms with E-state index in [0.29, 0.717) is 18.2 Å². The molecule has 7 nitrogen and oxygen atoms in total. The molecule has 0 aliphatic carbocycles. The van der Waals surface area contributed by atoms with Crippen molar-refractivity contribution in [3.8, 4) is 0 Å². The summed E-state index contributed by atoms with van der Waals surface area (Å²) in [6.07, 6.45) is -5.26. The Morgan fingerprint density at radius 2 is 1.39 bits per heavy atom. The van der Waals surface area contributed by atoms with Crippen molar-refractivity contribution < 1.29 is 27.8 Å². The second-order valence-electron chi connectivity index (χ2n) is 3.08. The third kappa shape index (κ3) is 2.78. The zero-order chi connectivity index (χ0) is 14.1. The van der Waals surface area contributed by atoms with Gasteiger partial charge in [0.2, 0.25) is 0 Å². The Hall–Kier alpha value is -2.52. The number of halogens is 3. The minimum absolute atomic E-state index is 0.336. The van der Waals surface area contributed by atoms with E-state index in [2.05, 4.69) is 0 Å². The van der Waals surface area contributed by atoms with Gasteiger partial charge < -0.3 is 0 Å². The van der Waals surface area contributed by atoms with Crippen molar-refractivity contribution in [1.29, 1.82) is 0 Å². The zero-order valence-corrected chi connectivity index (χ0v) is 8.30. The van der Waals surface area contributed by atoms with Crippen LogP contribution in [0.1, 0.15) is 10.4 Å². The normalized spacial score (nSPS) is 11.1. The van der Waals surface area contributed by atoms with Crippen LogP contribution < -0.4 is 0 Å². The fraction of sp³-hybridized carbons (Fsp3) is 0.125. The lowest BCUT2D eigenvalue weighted by Gasteiger charge is -2.04. The number of nitro benzene ring substituents is 2. The highest BCUT2D eigenvalue weighted by Crippen LogP contribution is 2.27. The van der Waals surface area contributed by atoms with Gasteiger partial charge in [0.25, 0.3) is 17.2 Å². The molecular weight excluding hydrogens is 261 g/mol. The molecule has 0 aromatic heterocycles. The molecule has 10 heteroatoms. The molecule has 1 aromatic rings. The second-order valence-corrected chi connectivity index (χ2v) is 3.08. The predicted molar refractivity (Wildman–Crippen MR) is 50.1 cm³/mol. The lowest BCUT2D eigenvalue weighted by molar-refractivity contribution is -0.394. The fourth-order valence-electron chi connectivity index (χ4n) is 1.10. The first kappa shape index (κ1) is 13.5. The summed E-state index contributed by atoms with van der Waals surface area (Å²) in [5, 5.41) is 20.8. The quantitative estimate of drug-likeness (QED) is 0.473. The lowest BCUT2D eigenvalue weighted by Crippen LogP contribution is -2.22. The monoisotopic (exact) mass is 264 g/mol. The Labute approximate surface area is 96.1 Å². The highest BCUT2D eigenvalue weighted by molar-refractivity contribution is 6.01. The average molecular weight is 264 g/mol. The minimum Gasteiger partial charge on any atom is -0.284 e. The smallest absolute Gasteiger partial charge is 0.284 e. The number of rotatable bonds is 3. The molecule has 1 aromatic carbocycles. The van der Waals surface area contributed by atoms with Gasteiger partial charge in [-0.3, -0.25) is 25.0 Å². The number of Topliss-reactive ketones (excluding diaryl/α,β-unsaturated/α-hetero) is 1. The first-order valence-corrected chi connectivity index (χ1v) is 4.18. The number of carbonyl (C=O) groups is 1. The molecule has 0 aliphatic rings. The number of nitro groups is 2. The summed E-state index contributed by atoms with van der Waals surface area (Å²) in [5.74, 6) is -2.38. The van der Waals surface area contributed by atoms with Crippen molar-refractivity contribution in [3.05, 3.63) is 44.0 Å². The number of alkyl halides is 3. The van der Waals surface area contributed by atoms with Gasteiger partial charge in [0, 0.05) is 17.7 Å². The third-order valence-corrected chi connectivity index (χ3v) is 1.84. The maximum absolute atomic E-state index is 12.1. The standard InChI is InChI=1S/C8H3F3N2O5/c9-8(10,11)7(14)4-1-5(12(15)16)3-6(2-4)13(17)18/h1-3H. The van der Waals surface area contributed by atoms with Crippen molar-refractivity contribution >= 4 is 17.2 Å². The van der Waals surface area contributed by atoms with E-state index in [4.69, 9.17) is 0 Å². The third-order valence-electron chi connectivity index (χ3n) is 1.84. The van der Waals surface area contributed by atoms with Crippen molar-refractivity contribution in [2.24, 2.45) is 0 Å². The number of nitrogens with zero attached hydrogens (tertiary/aromatic N) is 2. The van der Waals surface area contributed by atoms with Crippen LogP contribution in [0.15, 0.2) is 18.2 Å². The van der Waals surface area contributed by atoms with E-state index in [1.165, 1.54) is 0 Å². The van der Waals surface area contributed by atoms with Crippen molar-refractivity contribution in [3.63, 3.8) is 0 Å². The minimum atomic E-state index is -5.26. The Morgan fingerprint density at radius 1 is 1.00 bits per heavy atom. The number of carbonyl (C=O) groups excluding carboxylic acids is 1. The van der Waals surface area contributed by atoms with Crippen LogP contribution in [0.4, 0.5) is 24.5 Å². The van der Waals surface area contributed by atoms with Crippen LogP contribution in [0.5, 0.6) is 0 Å². The Morgan fingerprint density at radius 3 is 1.67 bits per heavy atom. The summed E-state index contributed by atoms with van der Waals surface area (Å²) < 4.78 is 36.3. The molecule has 18 heavy (non-hydrogen) atoms. The Bertz CT molecular complexity index is 508. The molecule has 1 rings (SSSR count). The van der Waals surface area contributed by atoms with Crippen LogP contribution in [0.25, 0.3) is 0 Å². The highest BCUT2D eigenvalue weighted by atomic mass is 19.4. The van der Waals surface area contributed by atoms with Crippen molar-refractivity contribution in [2.45, 2.75) is 6.18 Å². The van der Waals surface area contributed by atoms with E-state index in [1.54, 1.807) is 0 Å². The molecule has 0 heterocycles. The first-order chi connectivity index (χ1) is 8.12. The average Bonchev–Trinajstić information content (AvgIpc) is 2.26. The predicted octanol–water partition coefficient (Wildman–Crippen LogP) is 2.25. The van der Waals surface area contributed by atoms with Crippen LogP contribution in [0, 0.1) is 20.2 Å². The molecular formula is C8H3F3N2O5. The molecule has 0 saturated heterocycles. The highest BCUT2D eigenvalue weighted by Gasteiger charge is 2.40. The maximum atomic E-state index is 12.1. The number of hydrogen-bond acceptors (Lipinski definition) is 5. The van der Waals surface area contributed by atoms with Gasteiger partial charge in [-0.2, -0.15) is 13.2 Å². The molecule has 0 saturated carbocycles. The summed E-state index contributed by atoms with van der Waals surface area (Å²) in [7, 11) is 0. The largest absolute Gasteiger partial charge is 0.454 e. The maximum Gasteiger partial charge on any atom is 0.454 e. The molecule has 0 bridgehead atoms. The zero-order valence-electron chi connectivity index (χ0n) is 8.30. The van der Waals surface area contributed by atoms with Crippen LogP contribution in [-0.4, -0.2) is 21.8 Å². The Balaban J connectivity index is 3.41. The van der Waals surface area contributed by atoms with E-state index in [-0.39, 0.29) is 0 Å². The topological polar surface area (TPSA) is 103 Å². The molecule has 0 amide bonds. The lowest BCUT2D eigenvalue weighted by atomic mass is 10.1. The van der Waals surface area contributed by atoms with Gasteiger partial charge in [0.05, 0.1) is 15.9 Å².